The fourth-order valence-electron chi connectivity index (χ4n) is 3.22. The van der Waals surface area contributed by atoms with Crippen molar-refractivity contribution in [1.29, 1.82) is 0 Å². The van der Waals surface area contributed by atoms with Gasteiger partial charge in [0.05, 0.1) is 10.8 Å². The number of piperidine rings is 1. The Morgan fingerprint density at radius 2 is 1.93 bits per heavy atom. The van der Waals surface area contributed by atoms with Crippen LogP contribution < -0.4 is 9.62 Å². The molecule has 1 aliphatic rings. The zero-order valence-electron chi connectivity index (χ0n) is 15.5. The molecule has 1 aromatic heterocycles. The second-order valence-corrected chi connectivity index (χ2v) is 8.76. The van der Waals surface area contributed by atoms with Gasteiger partial charge in [-0.2, -0.15) is 0 Å². The first-order valence-electron chi connectivity index (χ1n) is 8.87. The van der Waals surface area contributed by atoms with Crippen LogP contribution in [0.1, 0.15) is 23.2 Å². The van der Waals surface area contributed by atoms with Gasteiger partial charge in [-0.3, -0.25) is 9.52 Å². The van der Waals surface area contributed by atoms with Crippen LogP contribution in [0.3, 0.4) is 0 Å². The Morgan fingerprint density at radius 3 is 2.63 bits per heavy atom. The third-order valence-electron chi connectivity index (χ3n) is 4.58. The van der Waals surface area contributed by atoms with Crippen molar-refractivity contribution in [1.82, 2.24) is 9.88 Å². The molecule has 1 aliphatic heterocycles. The molecule has 0 spiro atoms. The SMILES string of the molecule is CN(C)c1ncccc1C(=O)N1CCCC(S(=O)(=O)Nc2ccccc2)C1. The molecule has 1 fully saturated rings. The Labute approximate surface area is 160 Å². The number of benzene rings is 1. The molecule has 1 N–H and O–H groups in total. The van der Waals surface area contributed by atoms with Gasteiger partial charge in [0, 0.05) is 39.1 Å². The largest absolute Gasteiger partial charge is 0.362 e. The summed E-state index contributed by atoms with van der Waals surface area (Å²) in [4.78, 5) is 20.7. The summed E-state index contributed by atoms with van der Waals surface area (Å²) < 4.78 is 28.2. The number of amides is 1. The van der Waals surface area contributed by atoms with Gasteiger partial charge in [-0.25, -0.2) is 13.4 Å². The average molecular weight is 388 g/mol. The predicted molar refractivity (Wildman–Crippen MR) is 106 cm³/mol. The fourth-order valence-corrected chi connectivity index (χ4v) is 4.70. The summed E-state index contributed by atoms with van der Waals surface area (Å²) in [6.45, 7) is 0.709. The van der Waals surface area contributed by atoms with Crippen LogP contribution in [0, 0.1) is 0 Å². The summed E-state index contributed by atoms with van der Waals surface area (Å²) in [7, 11) is 0.0701. The van der Waals surface area contributed by atoms with Crippen molar-refractivity contribution in [3.63, 3.8) is 0 Å². The first kappa shape index (κ1) is 19.2. The van der Waals surface area contributed by atoms with Gasteiger partial charge >= 0.3 is 0 Å². The van der Waals surface area contributed by atoms with Crippen LogP contribution in [0.4, 0.5) is 11.5 Å². The van der Waals surface area contributed by atoms with E-state index in [4.69, 9.17) is 0 Å². The van der Waals surface area contributed by atoms with Crippen LogP contribution >= 0.6 is 0 Å². The molecule has 7 nitrogen and oxygen atoms in total. The van der Waals surface area contributed by atoms with Gasteiger partial charge in [0.1, 0.15) is 5.82 Å². The van der Waals surface area contributed by atoms with E-state index in [0.717, 1.165) is 0 Å². The van der Waals surface area contributed by atoms with Gasteiger partial charge < -0.3 is 9.80 Å². The van der Waals surface area contributed by atoms with Crippen molar-refractivity contribution in [3.8, 4) is 0 Å². The predicted octanol–water partition coefficient (Wildman–Crippen LogP) is 2.19. The average Bonchev–Trinajstić information content (AvgIpc) is 2.68. The summed E-state index contributed by atoms with van der Waals surface area (Å²) >= 11 is 0. The number of nitrogens with zero attached hydrogens (tertiary/aromatic N) is 3. The van der Waals surface area contributed by atoms with E-state index in [9.17, 15) is 13.2 Å². The van der Waals surface area contributed by atoms with E-state index < -0.39 is 15.3 Å². The van der Waals surface area contributed by atoms with Crippen molar-refractivity contribution in [2.45, 2.75) is 18.1 Å². The molecule has 144 valence electrons. The van der Waals surface area contributed by atoms with Crippen molar-refractivity contribution >= 4 is 27.4 Å². The smallest absolute Gasteiger partial charge is 0.257 e. The molecule has 1 atom stereocenters. The van der Waals surface area contributed by atoms with E-state index in [0.29, 0.717) is 36.5 Å². The number of carbonyl (C=O) groups is 1. The lowest BCUT2D eigenvalue weighted by atomic mass is 10.1. The number of hydrogen-bond acceptors (Lipinski definition) is 5. The molecule has 0 bridgehead atoms. The van der Waals surface area contributed by atoms with Crippen molar-refractivity contribution in [2.75, 3.05) is 36.8 Å². The normalized spacial score (nSPS) is 17.4. The Hall–Kier alpha value is -2.61. The summed E-state index contributed by atoms with van der Waals surface area (Å²) in [6.07, 6.45) is 2.81. The number of aromatic nitrogens is 1. The number of rotatable bonds is 5. The molecule has 1 aromatic carbocycles. The summed E-state index contributed by atoms with van der Waals surface area (Å²) in [5, 5.41) is -0.644. The van der Waals surface area contributed by atoms with E-state index in [2.05, 4.69) is 9.71 Å². The van der Waals surface area contributed by atoms with Gasteiger partial charge in [0.15, 0.2) is 0 Å². The Bertz CT molecular complexity index is 900. The Morgan fingerprint density at radius 1 is 1.19 bits per heavy atom. The van der Waals surface area contributed by atoms with E-state index in [1.54, 1.807) is 52.4 Å². The molecule has 2 heterocycles. The molecule has 0 radical (unpaired) electrons. The molecule has 8 heteroatoms. The van der Waals surface area contributed by atoms with Gasteiger partial charge in [-0.1, -0.05) is 18.2 Å². The van der Waals surface area contributed by atoms with Crippen molar-refractivity contribution in [3.05, 3.63) is 54.2 Å². The monoisotopic (exact) mass is 388 g/mol. The highest BCUT2D eigenvalue weighted by Crippen LogP contribution is 2.23. The third-order valence-corrected chi connectivity index (χ3v) is 6.36. The van der Waals surface area contributed by atoms with Crippen LogP contribution in [-0.4, -0.2) is 56.6 Å². The lowest BCUT2D eigenvalue weighted by Crippen LogP contribution is -2.47. The van der Waals surface area contributed by atoms with Crippen LogP contribution in [0.2, 0.25) is 0 Å². The molecule has 27 heavy (non-hydrogen) atoms. The number of pyridine rings is 1. The van der Waals surface area contributed by atoms with Crippen molar-refractivity contribution < 1.29 is 13.2 Å². The zero-order valence-corrected chi connectivity index (χ0v) is 16.3. The molecule has 1 unspecified atom stereocenters. The molecule has 0 aliphatic carbocycles. The van der Waals surface area contributed by atoms with Gasteiger partial charge in [0.25, 0.3) is 5.91 Å². The minimum atomic E-state index is -3.58. The maximum Gasteiger partial charge on any atom is 0.257 e. The minimum absolute atomic E-state index is 0.169. The summed E-state index contributed by atoms with van der Waals surface area (Å²) in [5.74, 6) is 0.390. The van der Waals surface area contributed by atoms with Crippen LogP contribution in [0.5, 0.6) is 0 Å². The van der Waals surface area contributed by atoms with Crippen LogP contribution in [-0.2, 0) is 10.0 Å². The first-order chi connectivity index (χ1) is 12.9. The van der Waals surface area contributed by atoms with Crippen LogP contribution in [0.25, 0.3) is 0 Å². The lowest BCUT2D eigenvalue weighted by molar-refractivity contribution is 0.0727. The number of para-hydroxylation sites is 1. The number of anilines is 2. The second-order valence-electron chi connectivity index (χ2n) is 6.80. The molecule has 3 rings (SSSR count). The number of hydrogen-bond donors (Lipinski definition) is 1. The van der Waals surface area contributed by atoms with E-state index in [1.807, 2.05) is 20.2 Å². The Balaban J connectivity index is 1.77. The summed E-state index contributed by atoms with van der Waals surface area (Å²) in [5.41, 5.74) is 1.01. The molecule has 0 saturated carbocycles. The topological polar surface area (TPSA) is 82.6 Å². The number of likely N-dealkylation sites (tertiary alicyclic amines) is 1. The molecule has 1 amide bonds. The first-order valence-corrected chi connectivity index (χ1v) is 10.4. The maximum absolute atomic E-state index is 13.0. The quantitative estimate of drug-likeness (QED) is 0.849. The zero-order chi connectivity index (χ0) is 19.4. The van der Waals surface area contributed by atoms with Crippen LogP contribution in [0.15, 0.2) is 48.7 Å². The lowest BCUT2D eigenvalue weighted by Gasteiger charge is -2.33. The van der Waals surface area contributed by atoms with Gasteiger partial charge in [0.2, 0.25) is 10.0 Å². The van der Waals surface area contributed by atoms with E-state index in [-0.39, 0.29) is 12.5 Å². The highest BCUT2D eigenvalue weighted by Gasteiger charge is 2.33. The molecular weight excluding hydrogens is 364 g/mol. The maximum atomic E-state index is 13.0. The highest BCUT2D eigenvalue weighted by molar-refractivity contribution is 7.93. The summed E-state index contributed by atoms with van der Waals surface area (Å²) in [6, 6.07) is 12.2. The number of nitrogens with one attached hydrogen (secondary N) is 1. The minimum Gasteiger partial charge on any atom is -0.362 e. The van der Waals surface area contributed by atoms with E-state index >= 15 is 0 Å². The Kier molecular flexibility index (Phi) is 5.65. The second kappa shape index (κ2) is 7.96. The van der Waals surface area contributed by atoms with Crippen molar-refractivity contribution in [2.24, 2.45) is 0 Å². The molecular formula is C19H24N4O3S. The molecule has 2 aromatic rings. The van der Waals surface area contributed by atoms with Gasteiger partial charge in [-0.15, -0.1) is 0 Å². The fraction of sp³-hybridized carbons (Fsp3) is 0.368. The van der Waals surface area contributed by atoms with E-state index in [1.165, 1.54) is 0 Å². The number of sulfonamides is 1. The van der Waals surface area contributed by atoms with Gasteiger partial charge in [-0.05, 0) is 37.1 Å². The highest BCUT2D eigenvalue weighted by atomic mass is 32.2. The standard InChI is InChI=1S/C19H24N4O3S/c1-22(2)18-17(11-6-12-20-18)19(24)23-13-7-10-16(14-23)27(25,26)21-15-8-4-3-5-9-15/h3-6,8-9,11-12,16,21H,7,10,13-14H2,1-2H3. The molecule has 1 saturated heterocycles. The number of carbonyl (C=O) groups excluding carboxylic acids is 1. The third kappa shape index (κ3) is 4.39.